The van der Waals surface area contributed by atoms with Crippen molar-refractivity contribution in [2.24, 2.45) is 5.92 Å². The van der Waals surface area contributed by atoms with Crippen LogP contribution in [0, 0.1) is 5.92 Å². The smallest absolute Gasteiger partial charge is 0.258 e. The van der Waals surface area contributed by atoms with Crippen LogP contribution in [0.4, 0.5) is 17.1 Å². The number of benzene rings is 3. The first kappa shape index (κ1) is 28.0. The molecule has 2 aliphatic heterocycles. The average molecular weight is 571 g/mol. The molecule has 2 atom stereocenters. The Balaban J connectivity index is 1.33. The van der Waals surface area contributed by atoms with Crippen LogP contribution >= 0.6 is 0 Å². The van der Waals surface area contributed by atoms with Gasteiger partial charge in [0.1, 0.15) is 0 Å². The summed E-state index contributed by atoms with van der Waals surface area (Å²) in [5.41, 5.74) is 4.68. The zero-order valence-corrected chi connectivity index (χ0v) is 23.9. The number of nitrogens with one attached hydrogen (secondary N) is 1. The average Bonchev–Trinajstić information content (AvgIpc) is 3.03. The van der Waals surface area contributed by atoms with Crippen molar-refractivity contribution < 1.29 is 9.59 Å². The fraction of sp³-hybridized carbons (Fsp3) is 0.194. The van der Waals surface area contributed by atoms with E-state index in [1.807, 2.05) is 89.5 Å². The second-order valence-corrected chi connectivity index (χ2v) is 11.1. The maximum Gasteiger partial charge on any atom is 0.258 e. The summed E-state index contributed by atoms with van der Waals surface area (Å²) in [7, 11) is 0. The highest BCUT2D eigenvalue weighted by Crippen LogP contribution is 2.39. The standard InChI is InChI=1S/C36H34N4O3/c1-2-20-39(30-12-7-4-8-13-30)36(43)28-17-18-33(31(22-28)37-34(41)19-16-26-10-5-3-6-11-26)38-23-27-21-29(25-38)32-14-9-15-35(42)40(32)24-27/h2-19,22,27,29H,1,20-21,23-25H2,(H,37,41)/b19-16+. The largest absolute Gasteiger partial charge is 0.369 e. The van der Waals surface area contributed by atoms with Gasteiger partial charge in [0.05, 0.1) is 11.4 Å². The van der Waals surface area contributed by atoms with Crippen molar-refractivity contribution in [1.82, 2.24) is 4.57 Å². The Morgan fingerprint density at radius 2 is 1.67 bits per heavy atom. The van der Waals surface area contributed by atoms with Gasteiger partial charge in [-0.05, 0) is 60.4 Å². The minimum Gasteiger partial charge on any atom is -0.369 e. The van der Waals surface area contributed by atoms with Crippen LogP contribution in [0.1, 0.15) is 34.0 Å². The Morgan fingerprint density at radius 1 is 0.907 bits per heavy atom. The van der Waals surface area contributed by atoms with Gasteiger partial charge in [0.25, 0.3) is 11.5 Å². The molecule has 2 unspecified atom stereocenters. The number of hydrogen-bond acceptors (Lipinski definition) is 4. The van der Waals surface area contributed by atoms with Crippen LogP contribution in [-0.2, 0) is 11.3 Å². The van der Waals surface area contributed by atoms with Crippen LogP contribution in [0.15, 0.2) is 121 Å². The summed E-state index contributed by atoms with van der Waals surface area (Å²) in [6.07, 6.45) is 6.00. The summed E-state index contributed by atoms with van der Waals surface area (Å²) in [6, 6.07) is 30.2. The van der Waals surface area contributed by atoms with Gasteiger partial charge in [-0.2, -0.15) is 0 Å². The number of amides is 2. The van der Waals surface area contributed by atoms with E-state index in [1.54, 1.807) is 29.2 Å². The second kappa shape index (κ2) is 12.4. The summed E-state index contributed by atoms with van der Waals surface area (Å²) >= 11 is 0. The highest BCUT2D eigenvalue weighted by atomic mass is 16.2. The molecule has 4 aromatic rings. The monoisotopic (exact) mass is 570 g/mol. The molecule has 7 heteroatoms. The molecule has 7 nitrogen and oxygen atoms in total. The number of aromatic nitrogens is 1. The Hall–Kier alpha value is -5.17. The van der Waals surface area contributed by atoms with Gasteiger partial charge >= 0.3 is 0 Å². The van der Waals surface area contributed by atoms with E-state index in [4.69, 9.17) is 0 Å². The first-order valence-electron chi connectivity index (χ1n) is 14.6. The van der Waals surface area contributed by atoms with Gasteiger partial charge in [-0.1, -0.05) is 60.7 Å². The number of rotatable bonds is 8. The second-order valence-electron chi connectivity index (χ2n) is 11.1. The predicted molar refractivity (Wildman–Crippen MR) is 173 cm³/mol. The maximum absolute atomic E-state index is 13.8. The SMILES string of the molecule is C=CCN(C(=O)c1ccc(N2CC3CC(C2)c2cccc(=O)n2C3)c(NC(=O)/C=C/c2ccccc2)c1)c1ccccc1. The third-order valence-electron chi connectivity index (χ3n) is 8.17. The number of fused-ring (bicyclic) bond motifs is 4. The Bertz CT molecular complexity index is 1730. The number of nitrogens with zero attached hydrogens (tertiary/aromatic N) is 3. The number of carbonyl (C=O) groups excluding carboxylic acids is 2. The van der Waals surface area contributed by atoms with E-state index in [9.17, 15) is 14.4 Å². The first-order valence-corrected chi connectivity index (χ1v) is 14.6. The molecule has 1 saturated heterocycles. The molecule has 1 N–H and O–H groups in total. The zero-order chi connectivity index (χ0) is 29.8. The van der Waals surface area contributed by atoms with Gasteiger partial charge in [-0.15, -0.1) is 6.58 Å². The minimum atomic E-state index is -0.283. The molecule has 2 bridgehead atoms. The molecular formula is C36H34N4O3. The molecule has 1 aromatic heterocycles. The van der Waals surface area contributed by atoms with E-state index in [-0.39, 0.29) is 23.3 Å². The van der Waals surface area contributed by atoms with E-state index in [0.717, 1.165) is 35.6 Å². The Labute approximate surface area is 251 Å². The topological polar surface area (TPSA) is 74.7 Å². The van der Waals surface area contributed by atoms with Gasteiger partial charge < -0.3 is 19.7 Å². The molecule has 216 valence electrons. The Morgan fingerprint density at radius 3 is 2.44 bits per heavy atom. The number of carbonyl (C=O) groups is 2. The third-order valence-corrected chi connectivity index (χ3v) is 8.17. The van der Waals surface area contributed by atoms with E-state index in [1.165, 1.54) is 6.08 Å². The molecule has 0 saturated carbocycles. The van der Waals surface area contributed by atoms with Crippen LogP contribution < -0.4 is 20.7 Å². The van der Waals surface area contributed by atoms with E-state index in [0.29, 0.717) is 36.8 Å². The lowest BCUT2D eigenvalue weighted by Gasteiger charge is -2.44. The van der Waals surface area contributed by atoms with Crippen LogP contribution in [0.3, 0.4) is 0 Å². The number of pyridine rings is 1. The summed E-state index contributed by atoms with van der Waals surface area (Å²) in [5.74, 6) is 0.0346. The van der Waals surface area contributed by atoms with E-state index < -0.39 is 0 Å². The van der Waals surface area contributed by atoms with E-state index >= 15 is 0 Å². The molecule has 2 amide bonds. The molecule has 1 fully saturated rings. The van der Waals surface area contributed by atoms with Crippen molar-refractivity contribution in [2.45, 2.75) is 18.9 Å². The normalized spacial score (nSPS) is 17.3. The first-order chi connectivity index (χ1) is 21.0. The van der Waals surface area contributed by atoms with Crippen molar-refractivity contribution in [3.63, 3.8) is 0 Å². The molecule has 0 spiro atoms. The van der Waals surface area contributed by atoms with Gasteiger partial charge in [0.2, 0.25) is 5.91 Å². The van der Waals surface area contributed by atoms with Crippen molar-refractivity contribution in [3.8, 4) is 0 Å². The number of anilines is 3. The molecule has 3 aromatic carbocycles. The number of piperidine rings is 1. The molecule has 3 heterocycles. The van der Waals surface area contributed by atoms with Crippen molar-refractivity contribution in [1.29, 1.82) is 0 Å². The van der Waals surface area contributed by atoms with Crippen molar-refractivity contribution in [3.05, 3.63) is 143 Å². The van der Waals surface area contributed by atoms with Gasteiger partial charge in [-0.25, -0.2) is 0 Å². The van der Waals surface area contributed by atoms with Gasteiger partial charge in [0, 0.05) is 61.2 Å². The number of hydrogen-bond donors (Lipinski definition) is 1. The molecular weight excluding hydrogens is 536 g/mol. The lowest BCUT2D eigenvalue weighted by molar-refractivity contribution is -0.111. The number of para-hydroxylation sites is 1. The molecule has 43 heavy (non-hydrogen) atoms. The lowest BCUT2D eigenvalue weighted by Crippen LogP contribution is -2.47. The fourth-order valence-electron chi connectivity index (χ4n) is 6.25. The quantitative estimate of drug-likeness (QED) is 0.210. The molecule has 0 aliphatic carbocycles. The summed E-state index contributed by atoms with van der Waals surface area (Å²) in [6.45, 7) is 6.33. The lowest BCUT2D eigenvalue weighted by atomic mass is 9.83. The van der Waals surface area contributed by atoms with Crippen LogP contribution in [-0.4, -0.2) is 36.0 Å². The van der Waals surface area contributed by atoms with Crippen LogP contribution in [0.25, 0.3) is 6.08 Å². The van der Waals surface area contributed by atoms with Gasteiger partial charge in [0.15, 0.2) is 0 Å². The van der Waals surface area contributed by atoms with Gasteiger partial charge in [-0.3, -0.25) is 14.4 Å². The Kier molecular flexibility index (Phi) is 8.05. The van der Waals surface area contributed by atoms with Crippen LogP contribution in [0.5, 0.6) is 0 Å². The zero-order valence-electron chi connectivity index (χ0n) is 23.9. The summed E-state index contributed by atoms with van der Waals surface area (Å²) in [5, 5.41) is 3.06. The summed E-state index contributed by atoms with van der Waals surface area (Å²) < 4.78 is 1.91. The molecule has 6 rings (SSSR count). The highest BCUT2D eigenvalue weighted by molar-refractivity contribution is 6.09. The van der Waals surface area contributed by atoms with Crippen LogP contribution in [0.2, 0.25) is 0 Å². The maximum atomic E-state index is 13.8. The third kappa shape index (κ3) is 6.06. The van der Waals surface area contributed by atoms with Crippen molar-refractivity contribution in [2.75, 3.05) is 34.8 Å². The molecule has 0 radical (unpaired) electrons. The van der Waals surface area contributed by atoms with E-state index in [2.05, 4.69) is 16.8 Å². The predicted octanol–water partition coefficient (Wildman–Crippen LogP) is 5.96. The molecule has 2 aliphatic rings. The highest BCUT2D eigenvalue weighted by Gasteiger charge is 2.35. The minimum absolute atomic E-state index is 0.0455. The fourth-order valence-corrected chi connectivity index (χ4v) is 6.25. The summed E-state index contributed by atoms with van der Waals surface area (Å²) in [4.78, 5) is 43.5. The van der Waals surface area contributed by atoms with Crippen molar-refractivity contribution >= 4 is 35.0 Å².